The zero-order chi connectivity index (χ0) is 18.5. The van der Waals surface area contributed by atoms with Crippen molar-refractivity contribution in [3.05, 3.63) is 43.8 Å². The molecule has 1 unspecified atom stereocenters. The molecule has 1 saturated carbocycles. The average molecular weight is 391 g/mol. The molecule has 6 heteroatoms. The normalized spacial score (nSPS) is 16.2. The number of thiophene rings is 2. The third-order valence-corrected chi connectivity index (χ3v) is 7.19. The Hall–Kier alpha value is -1.66. The van der Waals surface area contributed by atoms with Crippen LogP contribution < -0.4 is 10.6 Å². The Kier molecular flexibility index (Phi) is 6.48. The molecule has 140 valence electrons. The zero-order valence-corrected chi connectivity index (χ0v) is 17.0. The molecule has 2 amide bonds. The molecular weight excluding hydrogens is 364 g/mol. The van der Waals surface area contributed by atoms with Gasteiger partial charge >= 0.3 is 0 Å². The van der Waals surface area contributed by atoms with E-state index in [2.05, 4.69) is 10.6 Å². The minimum Gasteiger partial charge on any atom is -0.349 e. The summed E-state index contributed by atoms with van der Waals surface area (Å²) in [4.78, 5) is 26.7. The SMILES string of the molecule is Cc1ccsc1C(=O)NCC(NC(=O)c1sccc1C)C1CCCCC1. The van der Waals surface area contributed by atoms with Gasteiger partial charge in [-0.1, -0.05) is 19.3 Å². The lowest BCUT2D eigenvalue weighted by Gasteiger charge is -2.31. The molecule has 26 heavy (non-hydrogen) atoms. The van der Waals surface area contributed by atoms with Gasteiger partial charge in [0.1, 0.15) is 0 Å². The molecule has 0 aromatic carbocycles. The first-order chi connectivity index (χ1) is 12.6. The van der Waals surface area contributed by atoms with Crippen LogP contribution in [0.1, 0.15) is 62.6 Å². The number of hydrogen-bond acceptors (Lipinski definition) is 4. The molecule has 1 atom stereocenters. The molecule has 1 aliphatic carbocycles. The van der Waals surface area contributed by atoms with Crippen LogP contribution in [-0.2, 0) is 0 Å². The second-order valence-electron chi connectivity index (χ2n) is 7.05. The molecule has 2 aromatic rings. The van der Waals surface area contributed by atoms with Gasteiger partial charge in [0.25, 0.3) is 11.8 Å². The van der Waals surface area contributed by atoms with Gasteiger partial charge in [0.2, 0.25) is 0 Å². The maximum absolute atomic E-state index is 12.7. The fourth-order valence-electron chi connectivity index (χ4n) is 3.60. The van der Waals surface area contributed by atoms with Crippen LogP contribution in [-0.4, -0.2) is 24.4 Å². The van der Waals surface area contributed by atoms with Crippen LogP contribution in [0.4, 0.5) is 0 Å². The summed E-state index contributed by atoms with van der Waals surface area (Å²) in [5.74, 6) is 0.368. The standard InChI is InChI=1S/C20H26N2O2S2/c1-13-8-10-25-17(13)19(23)21-12-16(15-6-4-3-5-7-15)22-20(24)18-14(2)9-11-26-18/h8-11,15-16H,3-7,12H2,1-2H3,(H,21,23)(H,22,24). The molecule has 0 spiro atoms. The van der Waals surface area contributed by atoms with E-state index in [1.807, 2.05) is 36.7 Å². The van der Waals surface area contributed by atoms with Crippen molar-refractivity contribution >= 4 is 34.5 Å². The number of rotatable bonds is 6. The Morgan fingerprint density at radius 2 is 1.58 bits per heavy atom. The smallest absolute Gasteiger partial charge is 0.261 e. The van der Waals surface area contributed by atoms with E-state index in [-0.39, 0.29) is 17.9 Å². The molecule has 0 bridgehead atoms. The fraction of sp³-hybridized carbons (Fsp3) is 0.500. The first kappa shape index (κ1) is 19.1. The summed E-state index contributed by atoms with van der Waals surface area (Å²) >= 11 is 2.93. The van der Waals surface area contributed by atoms with Crippen molar-refractivity contribution < 1.29 is 9.59 Å². The maximum Gasteiger partial charge on any atom is 0.261 e. The van der Waals surface area contributed by atoms with E-state index >= 15 is 0 Å². The number of aryl methyl sites for hydroxylation is 2. The van der Waals surface area contributed by atoms with Gasteiger partial charge in [-0.3, -0.25) is 9.59 Å². The maximum atomic E-state index is 12.7. The van der Waals surface area contributed by atoms with E-state index in [1.165, 1.54) is 41.9 Å². The third kappa shape index (κ3) is 4.54. The summed E-state index contributed by atoms with van der Waals surface area (Å²) in [6.45, 7) is 4.39. The van der Waals surface area contributed by atoms with Crippen LogP contribution in [0.15, 0.2) is 22.9 Å². The summed E-state index contributed by atoms with van der Waals surface area (Å²) in [5.41, 5.74) is 2.01. The van der Waals surface area contributed by atoms with Crippen LogP contribution in [0.3, 0.4) is 0 Å². The second-order valence-corrected chi connectivity index (χ2v) is 8.89. The van der Waals surface area contributed by atoms with Crippen molar-refractivity contribution in [3.63, 3.8) is 0 Å². The topological polar surface area (TPSA) is 58.2 Å². The summed E-state index contributed by atoms with van der Waals surface area (Å²) in [6.07, 6.45) is 5.90. The van der Waals surface area contributed by atoms with Gasteiger partial charge in [0.05, 0.1) is 9.75 Å². The van der Waals surface area contributed by atoms with Gasteiger partial charge < -0.3 is 10.6 Å². The Balaban J connectivity index is 1.67. The van der Waals surface area contributed by atoms with Gasteiger partial charge in [-0.25, -0.2) is 0 Å². The highest BCUT2D eigenvalue weighted by molar-refractivity contribution is 7.12. The molecule has 0 aliphatic heterocycles. The minimum absolute atomic E-state index is 0.0189. The number of hydrogen-bond donors (Lipinski definition) is 2. The largest absolute Gasteiger partial charge is 0.349 e. The van der Waals surface area contributed by atoms with Crippen LogP contribution in [0.2, 0.25) is 0 Å². The predicted molar refractivity (Wildman–Crippen MR) is 108 cm³/mol. The van der Waals surface area contributed by atoms with Gasteiger partial charge in [-0.05, 0) is 66.6 Å². The van der Waals surface area contributed by atoms with Crippen molar-refractivity contribution in [2.45, 2.75) is 52.0 Å². The van der Waals surface area contributed by atoms with Crippen molar-refractivity contribution in [2.75, 3.05) is 6.54 Å². The molecule has 0 saturated heterocycles. The second kappa shape index (κ2) is 8.82. The highest BCUT2D eigenvalue weighted by atomic mass is 32.1. The van der Waals surface area contributed by atoms with E-state index in [0.29, 0.717) is 12.5 Å². The Morgan fingerprint density at radius 1 is 1.00 bits per heavy atom. The lowest BCUT2D eigenvalue weighted by molar-refractivity contribution is 0.0886. The average Bonchev–Trinajstić information content (AvgIpc) is 3.27. The minimum atomic E-state index is -0.0418. The zero-order valence-electron chi connectivity index (χ0n) is 15.3. The van der Waals surface area contributed by atoms with Crippen molar-refractivity contribution in [1.29, 1.82) is 0 Å². The number of carbonyl (C=O) groups excluding carboxylic acids is 2. The Bertz CT molecular complexity index is 759. The number of amides is 2. The molecule has 1 aliphatic rings. The van der Waals surface area contributed by atoms with Crippen LogP contribution >= 0.6 is 22.7 Å². The van der Waals surface area contributed by atoms with Crippen LogP contribution in [0, 0.1) is 19.8 Å². The third-order valence-electron chi connectivity index (χ3n) is 5.15. The Labute approximate surface area is 163 Å². The molecule has 2 N–H and O–H groups in total. The summed E-state index contributed by atoms with van der Waals surface area (Å²) in [7, 11) is 0. The predicted octanol–water partition coefficient (Wildman–Crippen LogP) is 4.54. The molecule has 1 fully saturated rings. The summed E-state index contributed by atoms with van der Waals surface area (Å²) in [5, 5.41) is 10.1. The van der Waals surface area contributed by atoms with E-state index in [9.17, 15) is 9.59 Å². The Morgan fingerprint density at radius 3 is 2.12 bits per heavy atom. The van der Waals surface area contributed by atoms with Crippen molar-refractivity contribution in [1.82, 2.24) is 10.6 Å². The highest BCUT2D eigenvalue weighted by Gasteiger charge is 2.27. The highest BCUT2D eigenvalue weighted by Crippen LogP contribution is 2.27. The number of carbonyl (C=O) groups is 2. The molecule has 0 radical (unpaired) electrons. The summed E-state index contributed by atoms with van der Waals surface area (Å²) < 4.78 is 0. The van der Waals surface area contributed by atoms with E-state index < -0.39 is 0 Å². The van der Waals surface area contributed by atoms with Gasteiger partial charge in [-0.2, -0.15) is 0 Å². The van der Waals surface area contributed by atoms with Gasteiger partial charge in [0, 0.05) is 12.6 Å². The monoisotopic (exact) mass is 390 g/mol. The van der Waals surface area contributed by atoms with Crippen LogP contribution in [0.25, 0.3) is 0 Å². The van der Waals surface area contributed by atoms with E-state index in [1.54, 1.807) is 0 Å². The lowest BCUT2D eigenvalue weighted by Crippen LogP contribution is -2.48. The molecule has 2 heterocycles. The van der Waals surface area contributed by atoms with Gasteiger partial charge in [-0.15, -0.1) is 22.7 Å². The molecule has 3 rings (SSSR count). The van der Waals surface area contributed by atoms with Crippen molar-refractivity contribution in [3.8, 4) is 0 Å². The first-order valence-electron chi connectivity index (χ1n) is 9.23. The summed E-state index contributed by atoms with van der Waals surface area (Å²) in [6, 6.07) is 3.91. The molecule has 4 nitrogen and oxygen atoms in total. The molecular formula is C20H26N2O2S2. The van der Waals surface area contributed by atoms with E-state index in [0.717, 1.165) is 33.7 Å². The van der Waals surface area contributed by atoms with Gasteiger partial charge in [0.15, 0.2) is 0 Å². The first-order valence-corrected chi connectivity index (χ1v) is 11.0. The number of nitrogens with one attached hydrogen (secondary N) is 2. The lowest BCUT2D eigenvalue weighted by atomic mass is 9.83. The van der Waals surface area contributed by atoms with Crippen LogP contribution in [0.5, 0.6) is 0 Å². The molecule has 2 aromatic heterocycles. The fourth-order valence-corrected chi connectivity index (χ4v) is 5.27. The van der Waals surface area contributed by atoms with E-state index in [4.69, 9.17) is 0 Å². The van der Waals surface area contributed by atoms with Crippen molar-refractivity contribution in [2.24, 2.45) is 5.92 Å². The quantitative estimate of drug-likeness (QED) is 0.761.